The summed E-state index contributed by atoms with van der Waals surface area (Å²) in [5.41, 5.74) is 1.94. The second kappa shape index (κ2) is 12.0. The number of aliphatic hydroxyl groups is 2. The van der Waals surface area contributed by atoms with Gasteiger partial charge in [0.15, 0.2) is 6.10 Å². The molecule has 178 valence electrons. The van der Waals surface area contributed by atoms with Crippen molar-refractivity contribution in [3.63, 3.8) is 0 Å². The zero-order chi connectivity index (χ0) is 23.8. The second-order valence-electron chi connectivity index (χ2n) is 8.21. The van der Waals surface area contributed by atoms with Crippen molar-refractivity contribution < 1.29 is 24.5 Å². The van der Waals surface area contributed by atoms with E-state index in [1.165, 1.54) is 0 Å². The van der Waals surface area contributed by atoms with E-state index in [9.17, 15) is 15.0 Å². The van der Waals surface area contributed by atoms with Gasteiger partial charge in [-0.3, -0.25) is 4.90 Å². The van der Waals surface area contributed by atoms with Gasteiger partial charge in [0.1, 0.15) is 12.2 Å². The molecule has 1 aliphatic rings. The minimum absolute atomic E-state index is 0.0681. The fourth-order valence-corrected chi connectivity index (χ4v) is 4.99. The number of thioether (sulfide) groups is 1. The molecule has 0 aliphatic carbocycles. The number of ether oxygens (including phenoxy) is 2. The maximum atomic E-state index is 12.8. The summed E-state index contributed by atoms with van der Waals surface area (Å²) in [5.74, 6) is 0.516. The number of nitrogens with zero attached hydrogens (tertiary/aromatic N) is 1. The molecule has 0 unspecified atom stereocenters. The molecule has 2 N–H and O–H groups in total. The average molecular weight is 480 g/mol. The Balaban J connectivity index is 1.43. The van der Waals surface area contributed by atoms with E-state index in [-0.39, 0.29) is 6.61 Å². The summed E-state index contributed by atoms with van der Waals surface area (Å²) in [6.45, 7) is 0.618. The summed E-state index contributed by atoms with van der Waals surface area (Å²) in [6, 6.07) is 28.7. The Labute approximate surface area is 204 Å². The minimum Gasteiger partial charge on any atom is -0.441 e. The molecule has 3 aromatic carbocycles. The number of cyclic esters (lactones) is 1. The summed E-state index contributed by atoms with van der Waals surface area (Å²) >= 11 is 1.58. The quantitative estimate of drug-likeness (QED) is 0.403. The van der Waals surface area contributed by atoms with Crippen molar-refractivity contribution in [2.45, 2.75) is 42.4 Å². The van der Waals surface area contributed by atoms with Gasteiger partial charge in [-0.1, -0.05) is 78.9 Å². The maximum absolute atomic E-state index is 12.8. The zero-order valence-corrected chi connectivity index (χ0v) is 19.6. The standard InChI is InChI=1S/C27H29NO5S/c29-24(18-32-17-21-12-6-2-7-13-21)25(30)26-23(19-34-22-14-8-3-9-15-22)28(27(31)33-26)16-20-10-4-1-5-11-20/h1-15,23-26,29-30H,16-19H2/t23-,24+,25+,26+/m0/s1. The Kier molecular flexibility index (Phi) is 8.60. The van der Waals surface area contributed by atoms with Crippen LogP contribution in [-0.4, -0.2) is 57.9 Å². The monoisotopic (exact) mass is 479 g/mol. The number of aliphatic hydroxyl groups excluding tert-OH is 2. The van der Waals surface area contributed by atoms with E-state index in [1.54, 1.807) is 16.7 Å². The lowest BCUT2D eigenvalue weighted by molar-refractivity contribution is -0.0875. The van der Waals surface area contributed by atoms with E-state index in [0.717, 1.165) is 16.0 Å². The molecule has 7 heteroatoms. The first kappa shape index (κ1) is 24.3. The van der Waals surface area contributed by atoms with Gasteiger partial charge < -0.3 is 19.7 Å². The number of carbonyl (C=O) groups excluding carboxylic acids is 1. The highest BCUT2D eigenvalue weighted by atomic mass is 32.2. The summed E-state index contributed by atoms with van der Waals surface area (Å²) in [4.78, 5) is 15.5. The minimum atomic E-state index is -1.28. The molecule has 4 atom stereocenters. The van der Waals surface area contributed by atoms with Crippen molar-refractivity contribution in [2.75, 3.05) is 12.4 Å². The van der Waals surface area contributed by atoms with Gasteiger partial charge >= 0.3 is 6.09 Å². The van der Waals surface area contributed by atoms with Crippen LogP contribution in [0.1, 0.15) is 11.1 Å². The largest absolute Gasteiger partial charge is 0.441 e. The molecule has 1 heterocycles. The first-order valence-corrected chi connectivity index (χ1v) is 12.3. The smallest absolute Gasteiger partial charge is 0.410 e. The lowest BCUT2D eigenvalue weighted by Crippen LogP contribution is -2.48. The van der Waals surface area contributed by atoms with Crippen LogP contribution < -0.4 is 0 Å². The van der Waals surface area contributed by atoms with Crippen LogP contribution in [0.4, 0.5) is 4.79 Å². The Morgan fingerprint density at radius 2 is 1.47 bits per heavy atom. The van der Waals surface area contributed by atoms with E-state index < -0.39 is 30.4 Å². The average Bonchev–Trinajstić information content (AvgIpc) is 3.19. The summed E-state index contributed by atoms with van der Waals surface area (Å²) in [7, 11) is 0. The van der Waals surface area contributed by atoms with Crippen molar-refractivity contribution in [2.24, 2.45) is 0 Å². The van der Waals surface area contributed by atoms with E-state index in [4.69, 9.17) is 9.47 Å². The van der Waals surface area contributed by atoms with Gasteiger partial charge in [-0.25, -0.2) is 4.79 Å². The predicted molar refractivity (Wildman–Crippen MR) is 131 cm³/mol. The van der Waals surface area contributed by atoms with Crippen molar-refractivity contribution in [3.05, 3.63) is 102 Å². The van der Waals surface area contributed by atoms with Gasteiger partial charge in [-0.05, 0) is 23.3 Å². The van der Waals surface area contributed by atoms with E-state index >= 15 is 0 Å². The van der Waals surface area contributed by atoms with Crippen LogP contribution in [0, 0.1) is 0 Å². The Morgan fingerprint density at radius 1 is 0.882 bits per heavy atom. The highest BCUT2D eigenvalue weighted by Crippen LogP contribution is 2.30. The van der Waals surface area contributed by atoms with Gasteiger partial charge in [-0.15, -0.1) is 11.8 Å². The zero-order valence-electron chi connectivity index (χ0n) is 18.8. The highest BCUT2D eigenvalue weighted by Gasteiger charge is 2.47. The molecule has 0 radical (unpaired) electrons. The molecule has 3 aromatic rings. The number of hydrogen-bond donors (Lipinski definition) is 2. The van der Waals surface area contributed by atoms with Gasteiger partial charge in [0, 0.05) is 17.2 Å². The molecule has 0 aromatic heterocycles. The van der Waals surface area contributed by atoms with Crippen molar-refractivity contribution >= 4 is 17.9 Å². The fourth-order valence-electron chi connectivity index (χ4n) is 3.91. The summed E-state index contributed by atoms with van der Waals surface area (Å²) < 4.78 is 11.2. The van der Waals surface area contributed by atoms with Crippen LogP contribution in [0.3, 0.4) is 0 Å². The second-order valence-corrected chi connectivity index (χ2v) is 9.31. The van der Waals surface area contributed by atoms with Crippen LogP contribution in [0.25, 0.3) is 0 Å². The highest BCUT2D eigenvalue weighted by molar-refractivity contribution is 7.99. The van der Waals surface area contributed by atoms with Crippen LogP contribution in [0.5, 0.6) is 0 Å². The first-order valence-electron chi connectivity index (χ1n) is 11.3. The van der Waals surface area contributed by atoms with Crippen LogP contribution in [0.2, 0.25) is 0 Å². The Bertz CT molecular complexity index is 1020. The number of benzene rings is 3. The molecule has 0 saturated carbocycles. The molecule has 4 rings (SSSR count). The Morgan fingerprint density at radius 3 is 2.12 bits per heavy atom. The Hall–Kier alpha value is -2.84. The molecular weight excluding hydrogens is 450 g/mol. The summed E-state index contributed by atoms with van der Waals surface area (Å²) in [5, 5.41) is 21.6. The number of carbonyl (C=O) groups is 1. The first-order chi connectivity index (χ1) is 16.6. The van der Waals surface area contributed by atoms with Gasteiger partial charge in [-0.2, -0.15) is 0 Å². The van der Waals surface area contributed by atoms with Crippen LogP contribution in [-0.2, 0) is 22.6 Å². The maximum Gasteiger partial charge on any atom is 0.410 e. The summed E-state index contributed by atoms with van der Waals surface area (Å²) in [6.07, 6.45) is -3.84. The fraction of sp³-hybridized carbons (Fsp3) is 0.296. The molecule has 0 spiro atoms. The number of amides is 1. The molecule has 0 bridgehead atoms. The predicted octanol–water partition coefficient (Wildman–Crippen LogP) is 4.11. The van der Waals surface area contributed by atoms with Crippen molar-refractivity contribution in [1.82, 2.24) is 4.90 Å². The number of rotatable bonds is 11. The molecule has 1 saturated heterocycles. The third-order valence-electron chi connectivity index (χ3n) is 5.74. The lowest BCUT2D eigenvalue weighted by Gasteiger charge is -2.29. The van der Waals surface area contributed by atoms with E-state index in [0.29, 0.717) is 18.9 Å². The van der Waals surface area contributed by atoms with Gasteiger partial charge in [0.25, 0.3) is 0 Å². The molecular formula is C27H29NO5S. The topological polar surface area (TPSA) is 79.2 Å². The molecule has 1 amide bonds. The molecule has 6 nitrogen and oxygen atoms in total. The van der Waals surface area contributed by atoms with Crippen molar-refractivity contribution in [3.8, 4) is 0 Å². The molecule has 1 aliphatic heterocycles. The third-order valence-corrected chi connectivity index (χ3v) is 6.86. The van der Waals surface area contributed by atoms with Gasteiger partial charge in [0.05, 0.1) is 19.3 Å². The SMILES string of the molecule is O=C1O[C@@H]([C@H](O)[C@H](O)COCc2ccccc2)[C@H](CSc2ccccc2)N1Cc1ccccc1. The van der Waals surface area contributed by atoms with Crippen molar-refractivity contribution in [1.29, 1.82) is 0 Å². The lowest BCUT2D eigenvalue weighted by atomic mass is 10.0. The number of hydrogen-bond acceptors (Lipinski definition) is 6. The molecule has 34 heavy (non-hydrogen) atoms. The normalized spacial score (nSPS) is 19.6. The van der Waals surface area contributed by atoms with Crippen LogP contribution >= 0.6 is 11.8 Å². The van der Waals surface area contributed by atoms with E-state index in [1.807, 2.05) is 91.0 Å². The third kappa shape index (κ3) is 6.39. The van der Waals surface area contributed by atoms with Gasteiger partial charge in [0.2, 0.25) is 0 Å². The molecule has 1 fully saturated rings. The van der Waals surface area contributed by atoms with Crippen LogP contribution in [0.15, 0.2) is 95.9 Å². The van der Waals surface area contributed by atoms with E-state index in [2.05, 4.69) is 0 Å².